The molecule has 1 saturated heterocycles. The number of hydrogen-bond donors (Lipinski definition) is 4. The summed E-state index contributed by atoms with van der Waals surface area (Å²) in [6.07, 6.45) is -1.78. The summed E-state index contributed by atoms with van der Waals surface area (Å²) in [4.78, 5) is 42.5. The number of carboxylic acid groups (broad SMARTS) is 1. The Morgan fingerprint density at radius 3 is 2.41 bits per heavy atom. The molecule has 238 valence electrons. The molecular weight excluding hydrogens is 610 g/mol. The molecule has 3 heterocycles. The van der Waals surface area contributed by atoms with Gasteiger partial charge in [0.1, 0.15) is 32.9 Å². The fourth-order valence-corrected chi connectivity index (χ4v) is 5.83. The monoisotopic (exact) mass is 641 g/mol. The lowest BCUT2D eigenvalue weighted by molar-refractivity contribution is -0.0195. The molecule has 1 aliphatic rings. The Kier molecular flexibility index (Phi) is 8.82. The minimum absolute atomic E-state index is 0.00935. The number of aromatic nitrogens is 3. The number of carbonyl (C=O) groups excluding carboxylic acids is 2. The number of halogens is 4. The third-order valence-electron chi connectivity index (χ3n) is 6.50. The number of rotatable bonds is 6. The van der Waals surface area contributed by atoms with Gasteiger partial charge in [-0.05, 0) is 46.2 Å². The minimum atomic E-state index is -3.29. The summed E-state index contributed by atoms with van der Waals surface area (Å²) in [6, 6.07) is 3.10. The number of nitrogens with one attached hydrogen (secondary N) is 3. The number of hydrogen-bond acceptors (Lipinski definition) is 8. The smallest absolute Gasteiger partial charge is 0.409 e. The average Bonchev–Trinajstić information content (AvgIpc) is 3.39. The van der Waals surface area contributed by atoms with Gasteiger partial charge in [0, 0.05) is 25.6 Å². The molecule has 3 amide bonds. The van der Waals surface area contributed by atoms with Gasteiger partial charge in [-0.3, -0.25) is 14.8 Å². The minimum Gasteiger partial charge on any atom is -0.465 e. The van der Waals surface area contributed by atoms with E-state index in [4.69, 9.17) is 4.74 Å². The van der Waals surface area contributed by atoms with Gasteiger partial charge in [0.15, 0.2) is 11.5 Å². The maximum absolute atomic E-state index is 15.3. The predicted molar refractivity (Wildman–Crippen MR) is 154 cm³/mol. The summed E-state index contributed by atoms with van der Waals surface area (Å²) in [5, 5.41) is 19.8. The molecular formula is C27H31F4N7O5S. The molecule has 0 unspecified atom stereocenters. The molecule has 0 saturated carbocycles. The second kappa shape index (κ2) is 11.9. The van der Waals surface area contributed by atoms with Gasteiger partial charge in [-0.1, -0.05) is 17.4 Å². The van der Waals surface area contributed by atoms with Gasteiger partial charge in [-0.15, -0.1) is 0 Å². The maximum Gasteiger partial charge on any atom is 0.409 e. The molecule has 4 rings (SSSR count). The normalized spacial score (nSPS) is 18.3. The van der Waals surface area contributed by atoms with Crippen LogP contribution in [0.25, 0.3) is 10.6 Å². The number of nitrogens with zero attached hydrogens (tertiary/aromatic N) is 4. The first-order valence-electron chi connectivity index (χ1n) is 13.3. The molecule has 1 aliphatic heterocycles. The van der Waals surface area contributed by atoms with Crippen LogP contribution in [0, 0.1) is 11.6 Å². The molecule has 17 heteroatoms. The van der Waals surface area contributed by atoms with E-state index < -0.39 is 71.0 Å². The second-order valence-electron chi connectivity index (χ2n) is 11.6. The highest BCUT2D eigenvalue weighted by atomic mass is 32.1. The van der Waals surface area contributed by atoms with E-state index >= 15 is 8.78 Å². The topological polar surface area (TPSA) is 151 Å². The third kappa shape index (κ3) is 7.56. The van der Waals surface area contributed by atoms with E-state index in [1.54, 1.807) is 20.8 Å². The highest BCUT2D eigenvalue weighted by molar-refractivity contribution is 7.19. The van der Waals surface area contributed by atoms with Crippen molar-refractivity contribution in [3.8, 4) is 10.6 Å². The molecule has 1 atom stereocenters. The van der Waals surface area contributed by atoms with Gasteiger partial charge in [-0.25, -0.2) is 32.1 Å². The zero-order valence-electron chi connectivity index (χ0n) is 24.4. The molecule has 0 spiro atoms. The van der Waals surface area contributed by atoms with Gasteiger partial charge in [0.25, 0.3) is 11.8 Å². The Morgan fingerprint density at radius 2 is 1.80 bits per heavy atom. The lowest BCUT2D eigenvalue weighted by Crippen LogP contribution is -2.50. The molecule has 4 N–H and O–H groups in total. The quantitative estimate of drug-likeness (QED) is 0.251. The lowest BCUT2D eigenvalue weighted by Gasteiger charge is -2.32. The Balaban J connectivity index is 1.62. The predicted octanol–water partition coefficient (Wildman–Crippen LogP) is 5.68. The average molecular weight is 642 g/mol. The van der Waals surface area contributed by atoms with Crippen LogP contribution in [-0.4, -0.2) is 68.1 Å². The number of carbonyl (C=O) groups is 3. The van der Waals surface area contributed by atoms with Crippen LogP contribution in [0.15, 0.2) is 24.4 Å². The van der Waals surface area contributed by atoms with Gasteiger partial charge in [0.05, 0.1) is 18.3 Å². The van der Waals surface area contributed by atoms with Gasteiger partial charge in [-0.2, -0.15) is 5.10 Å². The van der Waals surface area contributed by atoms with Crippen LogP contribution in [0.4, 0.5) is 43.7 Å². The van der Waals surface area contributed by atoms with E-state index in [0.717, 1.165) is 18.2 Å². The molecule has 44 heavy (non-hydrogen) atoms. The Hall–Kier alpha value is -4.41. The molecule has 1 fully saturated rings. The maximum atomic E-state index is 15.3. The zero-order valence-corrected chi connectivity index (χ0v) is 25.2. The van der Waals surface area contributed by atoms with Gasteiger partial charge in [0.2, 0.25) is 0 Å². The van der Waals surface area contributed by atoms with Crippen molar-refractivity contribution < 1.29 is 41.8 Å². The number of thiazole rings is 1. The largest absolute Gasteiger partial charge is 0.465 e. The fourth-order valence-electron chi connectivity index (χ4n) is 4.83. The van der Waals surface area contributed by atoms with Gasteiger partial charge < -0.3 is 25.4 Å². The van der Waals surface area contributed by atoms with Crippen molar-refractivity contribution in [3.05, 3.63) is 41.7 Å². The van der Waals surface area contributed by atoms with E-state index in [1.165, 1.54) is 29.7 Å². The van der Waals surface area contributed by atoms with Crippen molar-refractivity contribution in [3.63, 3.8) is 0 Å². The van der Waals surface area contributed by atoms with E-state index in [0.29, 0.717) is 11.3 Å². The lowest BCUT2D eigenvalue weighted by atomic mass is 9.91. The van der Waals surface area contributed by atoms with Crippen molar-refractivity contribution in [1.29, 1.82) is 0 Å². The van der Waals surface area contributed by atoms with Crippen LogP contribution < -0.4 is 20.9 Å². The van der Waals surface area contributed by atoms with E-state index in [2.05, 4.69) is 20.7 Å². The van der Waals surface area contributed by atoms with Crippen LogP contribution in [0.5, 0.6) is 0 Å². The first-order chi connectivity index (χ1) is 20.4. The summed E-state index contributed by atoms with van der Waals surface area (Å²) in [5.41, 5.74) is -3.23. The summed E-state index contributed by atoms with van der Waals surface area (Å²) in [6.45, 7) is 5.70. The number of alkyl carbamates (subject to hydrolysis) is 1. The molecule has 0 radical (unpaired) electrons. The first kappa shape index (κ1) is 32.5. The highest BCUT2D eigenvalue weighted by Crippen LogP contribution is 2.39. The number of alkyl halides is 2. The standard InChI is InChI=1S/C27H31F4N7O5S/c1-25(2,3)43-24(42)36-26(4)9-10-38(13-27(30,31)12-26)22-16(11-32-37(22)5)33-19(39)18-21(35-23(40)41)44-20(34-18)17-14(28)7-6-8-15(17)29/h6-8,11,35H,9-10,12-13H2,1-5H3,(H,33,39)(H,36,42)(H,40,41)/t26-/m1/s1. The van der Waals surface area contributed by atoms with E-state index in [1.807, 2.05) is 5.32 Å². The molecule has 12 nitrogen and oxygen atoms in total. The first-order valence-corrected chi connectivity index (χ1v) is 14.1. The fraction of sp³-hybridized carbons (Fsp3) is 0.444. The van der Waals surface area contributed by atoms with Crippen molar-refractivity contribution in [2.45, 2.75) is 57.6 Å². The van der Waals surface area contributed by atoms with Gasteiger partial charge >= 0.3 is 12.2 Å². The summed E-state index contributed by atoms with van der Waals surface area (Å²) in [5.74, 6) is -6.13. The second-order valence-corrected chi connectivity index (χ2v) is 12.6. The summed E-state index contributed by atoms with van der Waals surface area (Å²) >= 11 is 0.537. The van der Waals surface area contributed by atoms with Crippen LogP contribution >= 0.6 is 11.3 Å². The van der Waals surface area contributed by atoms with Crippen molar-refractivity contribution in [2.75, 3.05) is 28.6 Å². The summed E-state index contributed by atoms with van der Waals surface area (Å²) in [7, 11) is 1.48. The Bertz CT molecular complexity index is 1570. The van der Waals surface area contributed by atoms with Crippen molar-refractivity contribution in [1.82, 2.24) is 20.1 Å². The number of amides is 3. The summed E-state index contributed by atoms with van der Waals surface area (Å²) < 4.78 is 66.0. The number of aryl methyl sites for hydroxylation is 1. The number of anilines is 3. The third-order valence-corrected chi connectivity index (χ3v) is 7.49. The molecule has 1 aromatic carbocycles. The number of benzene rings is 1. The Labute approximate surface area is 253 Å². The molecule has 0 bridgehead atoms. The highest BCUT2D eigenvalue weighted by Gasteiger charge is 2.46. The zero-order chi connectivity index (χ0) is 32.6. The van der Waals surface area contributed by atoms with Crippen LogP contribution in [0.3, 0.4) is 0 Å². The van der Waals surface area contributed by atoms with Crippen molar-refractivity contribution >= 4 is 45.9 Å². The SMILES string of the molecule is Cn1ncc(NC(=O)c2nc(-c3c(F)cccc3F)sc2NC(=O)O)c1N1CC[C@@](C)(NC(=O)OC(C)(C)C)CC(F)(F)C1. The van der Waals surface area contributed by atoms with Crippen LogP contribution in [0.1, 0.15) is 51.0 Å². The van der Waals surface area contributed by atoms with Crippen LogP contribution in [-0.2, 0) is 11.8 Å². The van der Waals surface area contributed by atoms with E-state index in [9.17, 15) is 28.3 Å². The Morgan fingerprint density at radius 1 is 1.14 bits per heavy atom. The number of ether oxygens (including phenoxy) is 1. The van der Waals surface area contributed by atoms with E-state index in [-0.39, 0.29) is 34.5 Å². The van der Waals surface area contributed by atoms with Crippen molar-refractivity contribution in [2.24, 2.45) is 7.05 Å². The molecule has 2 aromatic heterocycles. The van der Waals surface area contributed by atoms with Crippen LogP contribution in [0.2, 0.25) is 0 Å². The molecule has 0 aliphatic carbocycles. The molecule has 3 aromatic rings.